The maximum atomic E-state index is 10.1. The van der Waals surface area contributed by atoms with Gasteiger partial charge >= 0.3 is 0 Å². The van der Waals surface area contributed by atoms with Crippen LogP contribution in [0.3, 0.4) is 0 Å². The van der Waals surface area contributed by atoms with Crippen LogP contribution in [0, 0.1) is 0 Å². The average molecular weight is 236 g/mol. The molecule has 0 atom stereocenters. The summed E-state index contributed by atoms with van der Waals surface area (Å²) in [6.07, 6.45) is 1.40. The van der Waals surface area contributed by atoms with Crippen LogP contribution in [-0.2, 0) is 18.3 Å². The number of nitrogens with two attached hydrogens (primary N) is 2. The van der Waals surface area contributed by atoms with Gasteiger partial charge in [-0.05, 0) is 48.0 Å². The molecule has 0 heterocycles. The third-order valence-electron chi connectivity index (χ3n) is 2.96. The molecule has 3 heteroatoms. The first-order chi connectivity index (χ1) is 7.90. The highest BCUT2D eigenvalue weighted by Gasteiger charge is 2.18. The van der Waals surface area contributed by atoms with Crippen molar-refractivity contribution in [2.24, 2.45) is 11.5 Å². The van der Waals surface area contributed by atoms with Crippen molar-refractivity contribution in [3.8, 4) is 5.75 Å². The summed E-state index contributed by atoms with van der Waals surface area (Å²) in [5.41, 5.74) is 14.3. The summed E-state index contributed by atoms with van der Waals surface area (Å²) in [6, 6.07) is 4.12. The van der Waals surface area contributed by atoms with Gasteiger partial charge in [0.25, 0.3) is 0 Å². The molecule has 1 aromatic carbocycles. The Labute approximate surface area is 104 Å². The molecule has 5 N–H and O–H groups in total. The second kappa shape index (κ2) is 5.52. The van der Waals surface area contributed by atoms with Crippen molar-refractivity contribution in [1.82, 2.24) is 0 Å². The van der Waals surface area contributed by atoms with Crippen LogP contribution in [0.2, 0.25) is 0 Å². The van der Waals surface area contributed by atoms with Gasteiger partial charge in [0, 0.05) is 0 Å². The molecule has 1 aromatic rings. The summed E-state index contributed by atoms with van der Waals surface area (Å²) in [7, 11) is 0. The fourth-order valence-electron chi connectivity index (χ4n) is 1.89. The molecule has 0 spiro atoms. The fraction of sp³-hybridized carbons (Fsp3) is 0.571. The topological polar surface area (TPSA) is 72.3 Å². The summed E-state index contributed by atoms with van der Waals surface area (Å²) in [5, 5.41) is 10.1. The summed E-state index contributed by atoms with van der Waals surface area (Å²) in [4.78, 5) is 0. The minimum absolute atomic E-state index is 0.0698. The lowest BCUT2D eigenvalue weighted by atomic mass is 9.84. The number of hydrogen-bond donors (Lipinski definition) is 3. The second-order valence-electron chi connectivity index (χ2n) is 5.47. The average Bonchev–Trinajstić information content (AvgIpc) is 2.22. The number of benzene rings is 1. The monoisotopic (exact) mass is 236 g/mol. The summed E-state index contributed by atoms with van der Waals surface area (Å²) in [6.45, 7) is 7.58. The van der Waals surface area contributed by atoms with Gasteiger partial charge in [0.15, 0.2) is 0 Å². The molecule has 0 saturated carbocycles. The zero-order valence-electron chi connectivity index (χ0n) is 11.1. The Hall–Kier alpha value is -1.06. The lowest BCUT2D eigenvalue weighted by Crippen LogP contribution is -2.14. The third kappa shape index (κ3) is 3.45. The molecule has 0 aliphatic heterocycles. The molecule has 0 aliphatic carbocycles. The van der Waals surface area contributed by atoms with Crippen molar-refractivity contribution in [1.29, 1.82) is 0 Å². The van der Waals surface area contributed by atoms with Crippen molar-refractivity contribution < 1.29 is 5.11 Å². The van der Waals surface area contributed by atoms with E-state index in [-0.39, 0.29) is 5.41 Å². The minimum Gasteiger partial charge on any atom is -0.507 e. The van der Waals surface area contributed by atoms with E-state index in [1.165, 1.54) is 5.56 Å². The highest BCUT2D eigenvalue weighted by atomic mass is 16.3. The molecule has 0 saturated heterocycles. The predicted molar refractivity (Wildman–Crippen MR) is 72.3 cm³/mol. The van der Waals surface area contributed by atoms with Gasteiger partial charge in [-0.2, -0.15) is 0 Å². The van der Waals surface area contributed by atoms with Crippen LogP contribution in [-0.4, -0.2) is 18.2 Å². The number of hydrogen-bond acceptors (Lipinski definition) is 3. The van der Waals surface area contributed by atoms with Crippen molar-refractivity contribution in [2.45, 2.75) is 39.0 Å². The molecule has 0 amide bonds. The molecule has 3 nitrogen and oxygen atoms in total. The summed E-state index contributed by atoms with van der Waals surface area (Å²) >= 11 is 0. The maximum absolute atomic E-state index is 10.1. The molecule has 0 unspecified atom stereocenters. The van der Waals surface area contributed by atoms with Crippen LogP contribution in [0.4, 0.5) is 0 Å². The van der Waals surface area contributed by atoms with Crippen LogP contribution in [0.25, 0.3) is 0 Å². The van der Waals surface area contributed by atoms with E-state index in [1.54, 1.807) is 0 Å². The molecule has 17 heavy (non-hydrogen) atoms. The lowest BCUT2D eigenvalue weighted by molar-refractivity contribution is 0.459. The molecular formula is C14H24N2O. The van der Waals surface area contributed by atoms with Crippen LogP contribution in [0.1, 0.15) is 37.5 Å². The number of phenolic OH excluding ortho intramolecular Hbond substituents is 1. The van der Waals surface area contributed by atoms with Gasteiger partial charge in [0.05, 0.1) is 0 Å². The van der Waals surface area contributed by atoms with Crippen molar-refractivity contribution in [2.75, 3.05) is 13.1 Å². The van der Waals surface area contributed by atoms with E-state index in [1.807, 2.05) is 0 Å². The van der Waals surface area contributed by atoms with E-state index in [0.717, 1.165) is 11.1 Å². The van der Waals surface area contributed by atoms with E-state index in [2.05, 4.69) is 32.9 Å². The van der Waals surface area contributed by atoms with E-state index < -0.39 is 0 Å². The fourth-order valence-corrected chi connectivity index (χ4v) is 1.89. The normalized spacial score (nSPS) is 11.8. The highest BCUT2D eigenvalue weighted by Crippen LogP contribution is 2.31. The van der Waals surface area contributed by atoms with Crippen LogP contribution < -0.4 is 11.5 Å². The van der Waals surface area contributed by atoms with Gasteiger partial charge in [-0.15, -0.1) is 0 Å². The molecule has 1 rings (SSSR count). The first kappa shape index (κ1) is 14.0. The summed E-state index contributed by atoms with van der Waals surface area (Å²) in [5.74, 6) is 0.369. The first-order valence-corrected chi connectivity index (χ1v) is 6.15. The van der Waals surface area contributed by atoms with Gasteiger partial charge in [-0.3, -0.25) is 0 Å². The summed E-state index contributed by atoms with van der Waals surface area (Å²) < 4.78 is 0. The Kier molecular flexibility index (Phi) is 4.54. The van der Waals surface area contributed by atoms with Crippen molar-refractivity contribution in [3.05, 3.63) is 28.8 Å². The van der Waals surface area contributed by atoms with Gasteiger partial charge in [-0.25, -0.2) is 0 Å². The Morgan fingerprint density at radius 3 is 1.71 bits per heavy atom. The van der Waals surface area contributed by atoms with E-state index >= 15 is 0 Å². The smallest absolute Gasteiger partial charge is 0.122 e. The lowest BCUT2D eigenvalue weighted by Gasteiger charge is -2.22. The highest BCUT2D eigenvalue weighted by molar-refractivity contribution is 5.46. The largest absolute Gasteiger partial charge is 0.507 e. The zero-order chi connectivity index (χ0) is 13.1. The first-order valence-electron chi connectivity index (χ1n) is 6.15. The Balaban J connectivity index is 3.26. The number of rotatable bonds is 4. The van der Waals surface area contributed by atoms with Crippen LogP contribution >= 0.6 is 0 Å². The Bertz CT molecular complexity index is 353. The van der Waals surface area contributed by atoms with Gasteiger partial charge in [-0.1, -0.05) is 32.9 Å². The number of aromatic hydroxyl groups is 1. The molecule has 0 aromatic heterocycles. The van der Waals surface area contributed by atoms with E-state index in [0.29, 0.717) is 31.7 Å². The second-order valence-corrected chi connectivity index (χ2v) is 5.47. The molecule has 0 radical (unpaired) electrons. The maximum Gasteiger partial charge on any atom is 0.122 e. The zero-order valence-corrected chi connectivity index (χ0v) is 11.1. The number of phenols is 1. The SMILES string of the molecule is CC(C)(C)c1cc(CCN)c(O)c(CCN)c1. The quantitative estimate of drug-likeness (QED) is 0.745. The molecule has 0 fully saturated rings. The predicted octanol–water partition coefficient (Wildman–Crippen LogP) is 1.69. The molecule has 0 aliphatic rings. The van der Waals surface area contributed by atoms with Crippen molar-refractivity contribution in [3.63, 3.8) is 0 Å². The molecule has 0 bridgehead atoms. The standard InChI is InChI=1S/C14H24N2O/c1-14(2,3)12-8-10(4-6-15)13(17)11(9-12)5-7-16/h8-9,17H,4-7,15-16H2,1-3H3. The van der Waals surface area contributed by atoms with Gasteiger partial charge in [0.2, 0.25) is 0 Å². The van der Waals surface area contributed by atoms with Gasteiger partial charge < -0.3 is 16.6 Å². The molecule has 96 valence electrons. The third-order valence-corrected chi connectivity index (χ3v) is 2.96. The van der Waals surface area contributed by atoms with E-state index in [4.69, 9.17) is 11.5 Å². The minimum atomic E-state index is 0.0698. The Morgan fingerprint density at radius 1 is 1.00 bits per heavy atom. The van der Waals surface area contributed by atoms with Crippen molar-refractivity contribution >= 4 is 0 Å². The van der Waals surface area contributed by atoms with Crippen LogP contribution in [0.15, 0.2) is 12.1 Å². The molecular weight excluding hydrogens is 212 g/mol. The van der Waals surface area contributed by atoms with E-state index in [9.17, 15) is 5.11 Å². The Morgan fingerprint density at radius 2 is 1.41 bits per heavy atom. The van der Waals surface area contributed by atoms with Crippen LogP contribution in [0.5, 0.6) is 5.75 Å². The van der Waals surface area contributed by atoms with Gasteiger partial charge in [0.1, 0.15) is 5.75 Å².